The molecule has 0 saturated carbocycles. The van der Waals surface area contributed by atoms with Gasteiger partial charge < -0.3 is 16.4 Å². The third-order valence-electron chi connectivity index (χ3n) is 4.26. The van der Waals surface area contributed by atoms with Gasteiger partial charge in [0.1, 0.15) is 5.70 Å². The lowest BCUT2D eigenvalue weighted by molar-refractivity contribution is -0.115. The molecular formula is C24H19Cl2N3O3S. The van der Waals surface area contributed by atoms with E-state index < -0.39 is 17.7 Å². The number of rotatable bonds is 8. The third kappa shape index (κ3) is 7.39. The fraction of sp³-hybridized carbons (Fsp3) is 0.0417. The van der Waals surface area contributed by atoms with Gasteiger partial charge in [-0.1, -0.05) is 53.5 Å². The molecule has 0 aliphatic carbocycles. The van der Waals surface area contributed by atoms with Gasteiger partial charge in [-0.15, -0.1) is 11.8 Å². The number of anilines is 1. The first-order valence-corrected chi connectivity index (χ1v) is 11.4. The minimum absolute atomic E-state index is 0.0109. The molecule has 0 fully saturated rings. The van der Waals surface area contributed by atoms with E-state index in [2.05, 4.69) is 10.6 Å². The number of nitrogens with two attached hydrogens (primary N) is 1. The van der Waals surface area contributed by atoms with Gasteiger partial charge in [0.2, 0.25) is 5.91 Å². The van der Waals surface area contributed by atoms with Crippen LogP contribution in [0.25, 0.3) is 6.08 Å². The molecule has 168 valence electrons. The van der Waals surface area contributed by atoms with Gasteiger partial charge in [-0.25, -0.2) is 0 Å². The van der Waals surface area contributed by atoms with Crippen molar-refractivity contribution < 1.29 is 14.4 Å². The van der Waals surface area contributed by atoms with Gasteiger partial charge in [-0.3, -0.25) is 14.4 Å². The Morgan fingerprint density at radius 2 is 1.70 bits per heavy atom. The Bertz CT molecular complexity index is 1220. The Labute approximate surface area is 205 Å². The molecule has 0 saturated heterocycles. The number of halogens is 2. The smallest absolute Gasteiger partial charge is 0.272 e. The van der Waals surface area contributed by atoms with E-state index in [1.807, 2.05) is 0 Å². The van der Waals surface area contributed by atoms with Crippen LogP contribution in [-0.2, 0) is 9.59 Å². The number of hydrogen-bond donors (Lipinski definition) is 3. The van der Waals surface area contributed by atoms with E-state index in [-0.39, 0.29) is 11.4 Å². The maximum Gasteiger partial charge on any atom is 0.272 e. The molecule has 3 aromatic carbocycles. The molecule has 0 aliphatic rings. The number of carbonyl (C=O) groups excluding carboxylic acids is 3. The minimum Gasteiger partial charge on any atom is -0.369 e. The van der Waals surface area contributed by atoms with Crippen molar-refractivity contribution in [3.63, 3.8) is 0 Å². The Balaban J connectivity index is 1.87. The van der Waals surface area contributed by atoms with Crippen molar-refractivity contribution in [3.05, 3.63) is 99.7 Å². The summed E-state index contributed by atoms with van der Waals surface area (Å²) in [7, 11) is 0. The number of carbonyl (C=O) groups is 3. The molecule has 33 heavy (non-hydrogen) atoms. The van der Waals surface area contributed by atoms with Gasteiger partial charge in [-0.2, -0.15) is 0 Å². The van der Waals surface area contributed by atoms with Crippen molar-refractivity contribution in [3.8, 4) is 0 Å². The van der Waals surface area contributed by atoms with Crippen LogP contribution >= 0.6 is 35.0 Å². The Morgan fingerprint density at radius 3 is 2.39 bits per heavy atom. The molecule has 0 aromatic heterocycles. The summed E-state index contributed by atoms with van der Waals surface area (Å²) < 4.78 is 0. The number of thioether (sulfide) groups is 1. The van der Waals surface area contributed by atoms with Crippen LogP contribution in [-0.4, -0.2) is 23.5 Å². The van der Waals surface area contributed by atoms with Gasteiger partial charge in [0, 0.05) is 26.2 Å². The van der Waals surface area contributed by atoms with Crippen molar-refractivity contribution in [1.82, 2.24) is 5.32 Å². The number of primary amides is 1. The lowest BCUT2D eigenvalue weighted by atomic mass is 10.1. The highest BCUT2D eigenvalue weighted by Gasteiger charge is 2.16. The van der Waals surface area contributed by atoms with Gasteiger partial charge >= 0.3 is 0 Å². The fourth-order valence-electron chi connectivity index (χ4n) is 2.73. The second-order valence-corrected chi connectivity index (χ2v) is 8.67. The lowest BCUT2D eigenvalue weighted by Crippen LogP contribution is -2.30. The molecular weight excluding hydrogens is 481 g/mol. The summed E-state index contributed by atoms with van der Waals surface area (Å²) in [4.78, 5) is 37.6. The number of amides is 3. The standard InChI is InChI=1S/C24H19Cl2N3O3S/c25-17-10-9-16(20(26)12-17)11-21(29-23(31)15-5-2-1-3-6-15)24(32)28-18-7-4-8-19(13-18)33-14-22(27)30/h1-13H,14H2,(H2,27,30)(H,28,32)(H,29,31)/b21-11+. The summed E-state index contributed by atoms with van der Waals surface area (Å²) in [5.41, 5.74) is 6.56. The predicted octanol–water partition coefficient (Wildman–Crippen LogP) is 4.98. The molecule has 0 unspecified atom stereocenters. The van der Waals surface area contributed by atoms with E-state index in [0.717, 1.165) is 4.90 Å². The van der Waals surface area contributed by atoms with Crippen LogP contribution < -0.4 is 16.4 Å². The predicted molar refractivity (Wildman–Crippen MR) is 133 cm³/mol. The molecule has 0 bridgehead atoms. The zero-order valence-corrected chi connectivity index (χ0v) is 19.5. The molecule has 4 N–H and O–H groups in total. The van der Waals surface area contributed by atoms with E-state index >= 15 is 0 Å². The molecule has 9 heteroatoms. The van der Waals surface area contributed by atoms with Crippen LogP contribution in [0.3, 0.4) is 0 Å². The van der Waals surface area contributed by atoms with Crippen LogP contribution in [0, 0.1) is 0 Å². The van der Waals surface area contributed by atoms with Crippen LogP contribution in [0.5, 0.6) is 0 Å². The molecule has 0 spiro atoms. The monoisotopic (exact) mass is 499 g/mol. The maximum absolute atomic E-state index is 13.1. The second kappa shape index (κ2) is 11.6. The molecule has 3 rings (SSSR count). The highest BCUT2D eigenvalue weighted by Crippen LogP contribution is 2.24. The van der Waals surface area contributed by atoms with Crippen LogP contribution in [0.4, 0.5) is 5.69 Å². The summed E-state index contributed by atoms with van der Waals surface area (Å²) in [6.45, 7) is 0. The van der Waals surface area contributed by atoms with Crippen LogP contribution in [0.15, 0.2) is 83.4 Å². The summed E-state index contributed by atoms with van der Waals surface area (Å²) >= 11 is 13.5. The largest absolute Gasteiger partial charge is 0.369 e. The quantitative estimate of drug-likeness (QED) is 0.300. The maximum atomic E-state index is 13.1. The highest BCUT2D eigenvalue weighted by atomic mass is 35.5. The van der Waals surface area contributed by atoms with Crippen LogP contribution in [0.1, 0.15) is 15.9 Å². The summed E-state index contributed by atoms with van der Waals surface area (Å²) in [6, 6.07) is 20.3. The van der Waals surface area contributed by atoms with Gasteiger partial charge in [0.05, 0.1) is 5.75 Å². The third-order valence-corrected chi connectivity index (χ3v) is 5.84. The first-order valence-electron chi connectivity index (χ1n) is 9.67. The minimum atomic E-state index is -0.553. The molecule has 0 radical (unpaired) electrons. The first kappa shape index (κ1) is 24.4. The Morgan fingerprint density at radius 1 is 0.939 bits per heavy atom. The molecule has 3 aromatic rings. The van der Waals surface area contributed by atoms with Crippen LogP contribution in [0.2, 0.25) is 10.0 Å². The molecule has 0 atom stereocenters. The second-order valence-electron chi connectivity index (χ2n) is 6.78. The average molecular weight is 500 g/mol. The number of hydrogen-bond acceptors (Lipinski definition) is 4. The van der Waals surface area contributed by atoms with Crippen molar-refractivity contribution in [2.75, 3.05) is 11.1 Å². The average Bonchev–Trinajstić information content (AvgIpc) is 2.79. The van der Waals surface area contributed by atoms with Gasteiger partial charge in [-0.05, 0) is 54.1 Å². The molecule has 3 amide bonds. The number of benzene rings is 3. The van der Waals surface area contributed by atoms with Crippen molar-refractivity contribution in [2.24, 2.45) is 5.73 Å². The van der Waals surface area contributed by atoms with E-state index in [1.165, 1.54) is 17.8 Å². The van der Waals surface area contributed by atoms with E-state index in [4.69, 9.17) is 28.9 Å². The highest BCUT2D eigenvalue weighted by molar-refractivity contribution is 8.00. The Kier molecular flexibility index (Phi) is 8.54. The lowest BCUT2D eigenvalue weighted by Gasteiger charge is -2.12. The molecule has 0 heterocycles. The van der Waals surface area contributed by atoms with Crippen molar-refractivity contribution in [2.45, 2.75) is 4.90 Å². The van der Waals surface area contributed by atoms with E-state index in [1.54, 1.807) is 72.8 Å². The topological polar surface area (TPSA) is 101 Å². The fourth-order valence-corrected chi connectivity index (χ4v) is 3.89. The van der Waals surface area contributed by atoms with Crippen molar-refractivity contribution in [1.29, 1.82) is 0 Å². The van der Waals surface area contributed by atoms with Crippen molar-refractivity contribution >= 4 is 64.4 Å². The SMILES string of the molecule is NC(=O)CSc1cccc(NC(=O)/C(=C\c2ccc(Cl)cc2Cl)NC(=O)c2ccccc2)c1. The summed E-state index contributed by atoms with van der Waals surface area (Å²) in [6.07, 6.45) is 1.47. The first-order chi connectivity index (χ1) is 15.8. The zero-order chi connectivity index (χ0) is 23.8. The Hall–Kier alpha value is -3.26. The molecule has 0 aliphatic heterocycles. The normalized spacial score (nSPS) is 11.0. The van der Waals surface area contributed by atoms with E-state index in [9.17, 15) is 14.4 Å². The number of nitrogens with one attached hydrogen (secondary N) is 2. The summed E-state index contributed by atoms with van der Waals surface area (Å²) in [5.74, 6) is -1.33. The zero-order valence-electron chi connectivity index (χ0n) is 17.2. The van der Waals surface area contributed by atoms with E-state index in [0.29, 0.717) is 26.9 Å². The van der Waals surface area contributed by atoms with Gasteiger partial charge in [0.25, 0.3) is 11.8 Å². The van der Waals surface area contributed by atoms with Gasteiger partial charge in [0.15, 0.2) is 0 Å². The molecule has 6 nitrogen and oxygen atoms in total. The summed E-state index contributed by atoms with van der Waals surface area (Å²) in [5, 5.41) is 6.18.